The zero-order valence-corrected chi connectivity index (χ0v) is 6.65. The van der Waals surface area contributed by atoms with Gasteiger partial charge in [0, 0.05) is 0 Å². The smallest absolute Gasteiger partial charge is 0.106 e. The third kappa shape index (κ3) is 1.88. The van der Waals surface area contributed by atoms with Crippen LogP contribution in [-0.2, 0) is 0 Å². The van der Waals surface area contributed by atoms with Crippen molar-refractivity contribution < 1.29 is 0 Å². The lowest BCUT2D eigenvalue weighted by molar-refractivity contribution is 0.932. The molecule has 0 aliphatic carbocycles. The maximum absolute atomic E-state index is 5.80. The first kappa shape index (κ1) is 6.78. The van der Waals surface area contributed by atoms with E-state index in [9.17, 15) is 0 Å². The zero-order chi connectivity index (χ0) is 6.04. The van der Waals surface area contributed by atoms with Gasteiger partial charge in [0.05, 0.1) is 0 Å². The molecular weight excluding hydrogens is 138 g/mol. The third-order valence-corrected chi connectivity index (χ3v) is 3.91. The van der Waals surface area contributed by atoms with Gasteiger partial charge in [0.25, 0.3) is 0 Å². The summed E-state index contributed by atoms with van der Waals surface area (Å²) in [5, 5.41) is 0. The van der Waals surface area contributed by atoms with Crippen LogP contribution in [0.5, 0.6) is 0 Å². The van der Waals surface area contributed by atoms with Crippen LogP contribution in [0.4, 0.5) is 0 Å². The minimum Gasteiger partial charge on any atom is -0.309 e. The molecule has 1 heterocycles. The van der Waals surface area contributed by atoms with E-state index in [0.717, 1.165) is 0 Å². The fourth-order valence-corrected chi connectivity index (χ4v) is 3.05. The van der Waals surface area contributed by atoms with Crippen molar-refractivity contribution in [1.82, 2.24) is 0 Å². The van der Waals surface area contributed by atoms with Crippen molar-refractivity contribution in [3.8, 4) is 0 Å². The highest BCUT2D eigenvalue weighted by molar-refractivity contribution is 8.18. The van der Waals surface area contributed by atoms with Gasteiger partial charge in [-0.3, -0.25) is 0 Å². The van der Waals surface area contributed by atoms with Crippen LogP contribution < -0.4 is 5.73 Å². The van der Waals surface area contributed by atoms with Crippen LogP contribution in [0.15, 0.2) is 0 Å². The molecule has 0 unspecified atom stereocenters. The summed E-state index contributed by atoms with van der Waals surface area (Å²) in [4.78, 5) is 0. The summed E-state index contributed by atoms with van der Waals surface area (Å²) < 4.78 is 0.0122. The largest absolute Gasteiger partial charge is 0.309 e. The summed E-state index contributed by atoms with van der Waals surface area (Å²) in [6.45, 7) is 2.08. The lowest BCUT2D eigenvalue weighted by Crippen LogP contribution is -2.31. The first-order valence-corrected chi connectivity index (χ1v) is 4.75. The highest BCUT2D eigenvalue weighted by Gasteiger charge is 2.22. The highest BCUT2D eigenvalue weighted by atomic mass is 32.2. The Morgan fingerprint density at radius 2 is 1.88 bits per heavy atom. The van der Waals surface area contributed by atoms with Gasteiger partial charge in [-0.2, -0.15) is 0 Å². The van der Waals surface area contributed by atoms with Crippen LogP contribution in [0.1, 0.15) is 13.3 Å². The van der Waals surface area contributed by atoms with Crippen molar-refractivity contribution in [2.45, 2.75) is 17.5 Å². The number of nitrogens with two attached hydrogens (primary N) is 1. The number of rotatable bonds is 0. The predicted molar refractivity (Wildman–Crippen MR) is 42.1 cm³/mol. The molecule has 1 aliphatic rings. The highest BCUT2D eigenvalue weighted by Crippen LogP contribution is 2.36. The molecule has 0 radical (unpaired) electrons. The van der Waals surface area contributed by atoms with E-state index < -0.39 is 0 Å². The molecule has 0 amide bonds. The Bertz CT molecular complexity index is 74.5. The Labute approximate surface area is 58.8 Å². The van der Waals surface area contributed by atoms with Crippen molar-refractivity contribution in [1.29, 1.82) is 0 Å². The monoisotopic (exact) mass is 149 g/mol. The maximum atomic E-state index is 5.80. The van der Waals surface area contributed by atoms with E-state index in [0.29, 0.717) is 0 Å². The Morgan fingerprint density at radius 3 is 2.12 bits per heavy atom. The van der Waals surface area contributed by atoms with E-state index in [1.807, 2.05) is 23.5 Å². The molecule has 0 atom stereocenters. The minimum atomic E-state index is 0.0122. The van der Waals surface area contributed by atoms with Gasteiger partial charge in [-0.1, -0.05) is 0 Å². The fraction of sp³-hybridized carbons (Fsp3) is 1.00. The van der Waals surface area contributed by atoms with Gasteiger partial charge in [0.2, 0.25) is 0 Å². The van der Waals surface area contributed by atoms with Crippen LogP contribution in [0, 0.1) is 0 Å². The molecule has 2 N–H and O–H groups in total. The maximum Gasteiger partial charge on any atom is 0.106 e. The molecule has 1 fully saturated rings. The summed E-state index contributed by atoms with van der Waals surface area (Å²) in [5.41, 5.74) is 5.80. The van der Waals surface area contributed by atoms with Crippen LogP contribution in [0.25, 0.3) is 0 Å². The Morgan fingerprint density at radius 1 is 1.38 bits per heavy atom. The van der Waals surface area contributed by atoms with Crippen molar-refractivity contribution in [2.75, 3.05) is 11.5 Å². The normalized spacial score (nSPS) is 27.8. The molecule has 1 aliphatic heterocycles. The van der Waals surface area contributed by atoms with E-state index in [-0.39, 0.29) is 4.20 Å². The lowest BCUT2D eigenvalue weighted by atomic mass is 10.6. The number of hydrogen-bond acceptors (Lipinski definition) is 3. The van der Waals surface area contributed by atoms with Crippen LogP contribution in [-0.4, -0.2) is 15.7 Å². The summed E-state index contributed by atoms with van der Waals surface area (Å²) in [7, 11) is 0. The molecule has 0 aromatic rings. The molecule has 1 nitrogen and oxygen atoms in total. The molecule has 1 rings (SSSR count). The van der Waals surface area contributed by atoms with Crippen molar-refractivity contribution in [3.05, 3.63) is 0 Å². The van der Waals surface area contributed by atoms with Gasteiger partial charge in [-0.15, -0.1) is 23.5 Å². The number of thioether (sulfide) groups is 2. The van der Waals surface area contributed by atoms with E-state index >= 15 is 0 Å². The standard InChI is InChI=1S/C5H11NS2/c1-5(6)7-3-2-4-8-5/h2-4,6H2,1H3. The zero-order valence-electron chi connectivity index (χ0n) is 5.02. The minimum absolute atomic E-state index is 0.0122. The van der Waals surface area contributed by atoms with E-state index in [1.165, 1.54) is 17.9 Å². The Balaban J connectivity index is 2.33. The molecule has 48 valence electrons. The second kappa shape index (κ2) is 2.50. The van der Waals surface area contributed by atoms with Crippen LogP contribution in [0.2, 0.25) is 0 Å². The van der Waals surface area contributed by atoms with Gasteiger partial charge in [0.1, 0.15) is 4.20 Å². The third-order valence-electron chi connectivity index (χ3n) is 1.07. The SMILES string of the molecule is CC1(N)SCCCS1. The van der Waals surface area contributed by atoms with Crippen LogP contribution in [0.3, 0.4) is 0 Å². The molecule has 0 bridgehead atoms. The Hall–Kier alpha value is 0.660. The quantitative estimate of drug-likeness (QED) is 0.565. The molecule has 0 aromatic carbocycles. The van der Waals surface area contributed by atoms with Gasteiger partial charge in [-0.05, 0) is 24.9 Å². The van der Waals surface area contributed by atoms with Gasteiger partial charge in [-0.25, -0.2) is 0 Å². The average Bonchev–Trinajstić information content (AvgIpc) is 1.65. The second-order valence-corrected chi connectivity index (χ2v) is 5.41. The molecule has 1 saturated heterocycles. The van der Waals surface area contributed by atoms with Crippen molar-refractivity contribution in [2.24, 2.45) is 5.73 Å². The van der Waals surface area contributed by atoms with E-state index in [4.69, 9.17) is 5.73 Å². The van der Waals surface area contributed by atoms with Gasteiger partial charge >= 0.3 is 0 Å². The predicted octanol–water partition coefficient (Wildman–Crippen LogP) is 1.49. The number of hydrogen-bond donors (Lipinski definition) is 1. The van der Waals surface area contributed by atoms with E-state index in [2.05, 4.69) is 6.92 Å². The molecule has 8 heavy (non-hydrogen) atoms. The van der Waals surface area contributed by atoms with Crippen LogP contribution >= 0.6 is 23.5 Å². The molecular formula is C5H11NS2. The topological polar surface area (TPSA) is 26.0 Å². The van der Waals surface area contributed by atoms with Gasteiger partial charge in [0.15, 0.2) is 0 Å². The summed E-state index contributed by atoms with van der Waals surface area (Å²) in [6.07, 6.45) is 1.32. The summed E-state index contributed by atoms with van der Waals surface area (Å²) in [6, 6.07) is 0. The average molecular weight is 149 g/mol. The molecule has 0 spiro atoms. The van der Waals surface area contributed by atoms with Gasteiger partial charge < -0.3 is 5.73 Å². The first-order chi connectivity index (χ1) is 3.71. The van der Waals surface area contributed by atoms with Crippen molar-refractivity contribution in [3.63, 3.8) is 0 Å². The first-order valence-electron chi connectivity index (χ1n) is 2.77. The fourth-order valence-electron chi connectivity index (χ4n) is 0.650. The second-order valence-electron chi connectivity index (χ2n) is 2.07. The molecule has 3 heteroatoms. The lowest BCUT2D eigenvalue weighted by Gasteiger charge is -2.27. The summed E-state index contributed by atoms with van der Waals surface area (Å²) in [5.74, 6) is 2.47. The molecule has 0 saturated carbocycles. The van der Waals surface area contributed by atoms with E-state index in [1.54, 1.807) is 0 Å². The Kier molecular flexibility index (Phi) is 2.12. The molecule has 0 aromatic heterocycles. The summed E-state index contributed by atoms with van der Waals surface area (Å²) >= 11 is 3.72. The van der Waals surface area contributed by atoms with Crippen molar-refractivity contribution >= 4 is 23.5 Å².